The van der Waals surface area contributed by atoms with Crippen molar-refractivity contribution in [3.8, 4) is 11.5 Å². The van der Waals surface area contributed by atoms with Crippen LogP contribution in [0.5, 0.6) is 0 Å². The van der Waals surface area contributed by atoms with Crippen LogP contribution in [0.4, 0.5) is 5.69 Å². The minimum atomic E-state index is 0.0459. The monoisotopic (exact) mass is 376 g/mol. The van der Waals surface area contributed by atoms with Gasteiger partial charge in [-0.2, -0.15) is 4.98 Å². The van der Waals surface area contributed by atoms with Crippen molar-refractivity contribution in [2.45, 2.75) is 26.3 Å². The van der Waals surface area contributed by atoms with E-state index in [4.69, 9.17) is 4.52 Å². The second-order valence-corrected chi connectivity index (χ2v) is 7.29. The fraction of sp³-hybridized carbons (Fsp3) is 0.318. The van der Waals surface area contributed by atoms with Gasteiger partial charge in [0, 0.05) is 17.2 Å². The molecule has 6 nitrogen and oxygen atoms in total. The number of aryl methyl sites for hydroxylation is 1. The number of carbonyl (C=O) groups is 1. The van der Waals surface area contributed by atoms with Gasteiger partial charge in [-0.05, 0) is 57.1 Å². The molecule has 1 N–H and O–H groups in total. The summed E-state index contributed by atoms with van der Waals surface area (Å²) in [5.74, 6) is 1.39. The number of amides is 1. The smallest absolute Gasteiger partial charge is 0.257 e. The highest BCUT2D eigenvalue weighted by molar-refractivity contribution is 5.92. The highest BCUT2D eigenvalue weighted by Gasteiger charge is 2.26. The summed E-state index contributed by atoms with van der Waals surface area (Å²) in [6.45, 7) is 4.38. The van der Waals surface area contributed by atoms with Crippen LogP contribution in [0.3, 0.4) is 0 Å². The molecule has 2 heterocycles. The maximum Gasteiger partial charge on any atom is 0.257 e. The second-order valence-electron chi connectivity index (χ2n) is 7.29. The molecule has 0 spiro atoms. The van der Waals surface area contributed by atoms with Crippen molar-refractivity contribution < 1.29 is 9.32 Å². The first-order valence-electron chi connectivity index (χ1n) is 9.65. The van der Waals surface area contributed by atoms with Crippen LogP contribution in [-0.2, 0) is 11.3 Å². The lowest BCUT2D eigenvalue weighted by Crippen LogP contribution is -2.38. The Morgan fingerprint density at radius 3 is 2.68 bits per heavy atom. The third-order valence-electron chi connectivity index (χ3n) is 5.10. The molecule has 0 atom stereocenters. The van der Waals surface area contributed by atoms with Crippen molar-refractivity contribution in [2.24, 2.45) is 5.92 Å². The van der Waals surface area contributed by atoms with Crippen LogP contribution < -0.4 is 5.32 Å². The zero-order valence-corrected chi connectivity index (χ0v) is 16.0. The van der Waals surface area contributed by atoms with Gasteiger partial charge in [-0.25, -0.2) is 0 Å². The van der Waals surface area contributed by atoms with E-state index < -0.39 is 0 Å². The van der Waals surface area contributed by atoms with Crippen LogP contribution in [0.2, 0.25) is 0 Å². The van der Waals surface area contributed by atoms with Crippen molar-refractivity contribution in [1.29, 1.82) is 0 Å². The molecule has 144 valence electrons. The Balaban J connectivity index is 1.29. The van der Waals surface area contributed by atoms with Gasteiger partial charge in [-0.1, -0.05) is 41.1 Å². The predicted octanol–water partition coefficient (Wildman–Crippen LogP) is 3.90. The summed E-state index contributed by atoms with van der Waals surface area (Å²) in [5.41, 5.74) is 2.95. The molecule has 28 heavy (non-hydrogen) atoms. The minimum Gasteiger partial charge on any atom is -0.334 e. The van der Waals surface area contributed by atoms with Gasteiger partial charge in [0.15, 0.2) is 5.82 Å². The van der Waals surface area contributed by atoms with E-state index in [2.05, 4.69) is 20.4 Å². The Kier molecular flexibility index (Phi) is 5.48. The quantitative estimate of drug-likeness (QED) is 0.731. The summed E-state index contributed by atoms with van der Waals surface area (Å²) < 4.78 is 5.42. The number of nitrogens with zero attached hydrogens (tertiary/aromatic N) is 3. The zero-order valence-electron chi connectivity index (χ0n) is 16.0. The fourth-order valence-electron chi connectivity index (χ4n) is 3.53. The van der Waals surface area contributed by atoms with Gasteiger partial charge in [0.2, 0.25) is 5.91 Å². The molecule has 1 fully saturated rings. The van der Waals surface area contributed by atoms with Gasteiger partial charge in [-0.15, -0.1) is 0 Å². The number of para-hydroxylation sites is 1. The van der Waals surface area contributed by atoms with E-state index in [1.807, 2.05) is 61.5 Å². The van der Waals surface area contributed by atoms with Gasteiger partial charge in [0.1, 0.15) is 0 Å². The van der Waals surface area contributed by atoms with E-state index in [-0.39, 0.29) is 11.8 Å². The number of hydrogen-bond donors (Lipinski definition) is 1. The van der Waals surface area contributed by atoms with Crippen LogP contribution in [0, 0.1) is 12.8 Å². The van der Waals surface area contributed by atoms with Crippen LogP contribution >= 0.6 is 0 Å². The van der Waals surface area contributed by atoms with Gasteiger partial charge in [0.05, 0.1) is 6.54 Å². The molecule has 1 aliphatic rings. The number of rotatable bonds is 5. The predicted molar refractivity (Wildman–Crippen MR) is 108 cm³/mol. The first-order valence-corrected chi connectivity index (χ1v) is 9.65. The maximum absolute atomic E-state index is 12.5. The van der Waals surface area contributed by atoms with Crippen LogP contribution in [-0.4, -0.2) is 34.0 Å². The average molecular weight is 376 g/mol. The minimum absolute atomic E-state index is 0.0459. The maximum atomic E-state index is 12.5. The molecule has 1 aromatic heterocycles. The van der Waals surface area contributed by atoms with E-state index in [1.54, 1.807) is 0 Å². The molecule has 0 unspecified atom stereocenters. The van der Waals surface area contributed by atoms with Crippen molar-refractivity contribution >= 4 is 11.6 Å². The number of hydrogen-bond acceptors (Lipinski definition) is 5. The molecule has 2 aromatic carbocycles. The standard InChI is InChI=1S/C22H24N4O2/c1-16-6-5-7-18(14-16)22-24-20(25-28-22)15-26-12-10-17(11-13-26)21(27)23-19-8-3-2-4-9-19/h2-9,14,17H,10-13,15H2,1H3,(H,23,27). The first-order chi connectivity index (χ1) is 13.7. The van der Waals surface area contributed by atoms with Crippen molar-refractivity contribution in [3.63, 3.8) is 0 Å². The van der Waals surface area contributed by atoms with Crippen molar-refractivity contribution in [1.82, 2.24) is 15.0 Å². The Labute approximate surface area is 164 Å². The lowest BCUT2D eigenvalue weighted by Gasteiger charge is -2.30. The van der Waals surface area contributed by atoms with Crippen molar-refractivity contribution in [2.75, 3.05) is 18.4 Å². The third kappa shape index (κ3) is 4.46. The van der Waals surface area contributed by atoms with E-state index in [0.717, 1.165) is 42.7 Å². The highest BCUT2D eigenvalue weighted by Crippen LogP contribution is 2.22. The lowest BCUT2D eigenvalue weighted by atomic mass is 9.96. The lowest BCUT2D eigenvalue weighted by molar-refractivity contribution is -0.121. The molecule has 1 saturated heterocycles. The van der Waals surface area contributed by atoms with Gasteiger partial charge < -0.3 is 9.84 Å². The number of carbonyl (C=O) groups excluding carboxylic acids is 1. The van der Waals surface area contributed by atoms with Gasteiger partial charge >= 0.3 is 0 Å². The highest BCUT2D eigenvalue weighted by atomic mass is 16.5. The van der Waals surface area contributed by atoms with Crippen LogP contribution in [0.1, 0.15) is 24.2 Å². The molecule has 0 saturated carbocycles. The molecule has 0 bridgehead atoms. The number of anilines is 1. The third-order valence-corrected chi connectivity index (χ3v) is 5.10. The summed E-state index contributed by atoms with van der Waals surface area (Å²) in [5, 5.41) is 7.12. The molecule has 1 amide bonds. The Bertz CT molecular complexity index is 930. The Morgan fingerprint density at radius 1 is 1.14 bits per heavy atom. The Hall–Kier alpha value is -2.99. The number of aromatic nitrogens is 2. The molecule has 0 aliphatic carbocycles. The van der Waals surface area contributed by atoms with Crippen molar-refractivity contribution in [3.05, 3.63) is 66.0 Å². The molecular weight excluding hydrogens is 352 g/mol. The summed E-state index contributed by atoms with van der Waals surface area (Å²) in [6, 6.07) is 17.6. The molecule has 3 aromatic rings. The van der Waals surface area contributed by atoms with Gasteiger partial charge in [0.25, 0.3) is 5.89 Å². The number of nitrogens with one attached hydrogen (secondary N) is 1. The van der Waals surface area contributed by atoms with Crippen LogP contribution in [0.15, 0.2) is 59.1 Å². The summed E-state index contributed by atoms with van der Waals surface area (Å²) in [7, 11) is 0. The van der Waals surface area contributed by atoms with E-state index >= 15 is 0 Å². The summed E-state index contributed by atoms with van der Waals surface area (Å²) in [4.78, 5) is 19.3. The second kappa shape index (κ2) is 8.35. The molecule has 4 rings (SSSR count). The normalized spacial score (nSPS) is 15.5. The molecule has 0 radical (unpaired) electrons. The van der Waals surface area contributed by atoms with E-state index in [9.17, 15) is 4.79 Å². The number of likely N-dealkylation sites (tertiary alicyclic amines) is 1. The van der Waals surface area contributed by atoms with Crippen LogP contribution in [0.25, 0.3) is 11.5 Å². The Morgan fingerprint density at radius 2 is 1.93 bits per heavy atom. The number of benzene rings is 2. The zero-order chi connectivity index (χ0) is 19.3. The fourth-order valence-corrected chi connectivity index (χ4v) is 3.53. The molecular formula is C22H24N4O2. The topological polar surface area (TPSA) is 71.3 Å². The number of piperidine rings is 1. The summed E-state index contributed by atoms with van der Waals surface area (Å²) in [6.07, 6.45) is 1.67. The largest absolute Gasteiger partial charge is 0.334 e. The van der Waals surface area contributed by atoms with E-state index in [0.29, 0.717) is 18.3 Å². The molecule has 6 heteroatoms. The SMILES string of the molecule is Cc1cccc(-c2nc(CN3CCC(C(=O)Nc4ccccc4)CC3)no2)c1. The summed E-state index contributed by atoms with van der Waals surface area (Å²) >= 11 is 0. The van der Waals surface area contributed by atoms with E-state index in [1.165, 1.54) is 0 Å². The molecule has 1 aliphatic heterocycles. The first kappa shape index (κ1) is 18.4. The van der Waals surface area contributed by atoms with Gasteiger partial charge in [-0.3, -0.25) is 9.69 Å². The average Bonchev–Trinajstić information content (AvgIpc) is 3.18.